The lowest BCUT2D eigenvalue weighted by Gasteiger charge is -2.38. The van der Waals surface area contributed by atoms with Crippen LogP contribution in [0.15, 0.2) is 42.5 Å². The van der Waals surface area contributed by atoms with Crippen molar-refractivity contribution in [2.24, 2.45) is 5.92 Å². The number of ether oxygens (including phenoxy) is 1. The van der Waals surface area contributed by atoms with Crippen molar-refractivity contribution in [1.29, 1.82) is 0 Å². The number of carboxylic acids is 1. The van der Waals surface area contributed by atoms with Crippen LogP contribution in [-0.2, 0) is 20.7 Å². The maximum absolute atomic E-state index is 12.3. The number of hydrogen-bond donors (Lipinski definition) is 2. The zero-order valence-electron chi connectivity index (χ0n) is 14.3. The molecule has 2 aromatic rings. The van der Waals surface area contributed by atoms with Crippen LogP contribution in [0, 0.1) is 5.92 Å². The van der Waals surface area contributed by atoms with Crippen molar-refractivity contribution in [3.8, 4) is 0 Å². The number of carboxylic acid groups (broad SMARTS) is 1. The summed E-state index contributed by atoms with van der Waals surface area (Å²) in [6, 6.07) is 13.8. The van der Waals surface area contributed by atoms with Crippen LogP contribution in [0.2, 0.25) is 0 Å². The average molecular weight is 341 g/mol. The predicted molar refractivity (Wildman–Crippen MR) is 95.4 cm³/mol. The van der Waals surface area contributed by atoms with E-state index in [9.17, 15) is 14.7 Å². The SMILES string of the molecule is COC1(C(=O)NCC(Cc2cccc3ccccc23)C(=O)O)CCC1. The van der Waals surface area contributed by atoms with E-state index in [1.165, 1.54) is 7.11 Å². The Bertz CT molecular complexity index is 771. The third-order valence-corrected chi connectivity index (χ3v) is 5.17. The maximum atomic E-state index is 12.3. The van der Waals surface area contributed by atoms with Crippen molar-refractivity contribution in [2.45, 2.75) is 31.3 Å². The topological polar surface area (TPSA) is 75.6 Å². The van der Waals surface area contributed by atoms with Crippen LogP contribution < -0.4 is 5.32 Å². The van der Waals surface area contributed by atoms with Gasteiger partial charge in [-0.15, -0.1) is 0 Å². The van der Waals surface area contributed by atoms with Crippen molar-refractivity contribution >= 4 is 22.6 Å². The second kappa shape index (κ2) is 7.23. The van der Waals surface area contributed by atoms with Crippen LogP contribution in [0.4, 0.5) is 0 Å². The van der Waals surface area contributed by atoms with Gasteiger partial charge in [-0.25, -0.2) is 0 Å². The fourth-order valence-corrected chi connectivity index (χ4v) is 3.38. The van der Waals surface area contributed by atoms with Crippen LogP contribution in [0.25, 0.3) is 10.8 Å². The van der Waals surface area contributed by atoms with Gasteiger partial charge in [0.1, 0.15) is 5.60 Å². The molecule has 0 saturated heterocycles. The van der Waals surface area contributed by atoms with E-state index < -0.39 is 17.5 Å². The van der Waals surface area contributed by atoms with Gasteiger partial charge in [0, 0.05) is 13.7 Å². The van der Waals surface area contributed by atoms with Crippen LogP contribution in [0.3, 0.4) is 0 Å². The largest absolute Gasteiger partial charge is 0.481 e. The highest BCUT2D eigenvalue weighted by Crippen LogP contribution is 2.35. The van der Waals surface area contributed by atoms with Crippen molar-refractivity contribution < 1.29 is 19.4 Å². The zero-order chi connectivity index (χ0) is 17.9. The lowest BCUT2D eigenvalue weighted by molar-refractivity contribution is -0.154. The summed E-state index contributed by atoms with van der Waals surface area (Å²) in [4.78, 5) is 24.0. The second-order valence-corrected chi connectivity index (χ2v) is 6.64. The number of aliphatic carboxylic acids is 1. The lowest BCUT2D eigenvalue weighted by atomic mass is 9.79. The third kappa shape index (κ3) is 3.51. The van der Waals surface area contributed by atoms with E-state index in [1.54, 1.807) is 0 Å². The van der Waals surface area contributed by atoms with Gasteiger partial charge in [0.2, 0.25) is 0 Å². The molecule has 1 saturated carbocycles. The number of benzene rings is 2. The fraction of sp³-hybridized carbons (Fsp3) is 0.400. The molecule has 5 heteroatoms. The van der Waals surface area contributed by atoms with Gasteiger partial charge in [-0.1, -0.05) is 42.5 Å². The number of carbonyl (C=O) groups excluding carboxylic acids is 1. The molecule has 1 atom stereocenters. The highest BCUT2D eigenvalue weighted by molar-refractivity contribution is 5.87. The molecule has 2 N–H and O–H groups in total. The van der Waals surface area contributed by atoms with Gasteiger partial charge in [-0.05, 0) is 42.0 Å². The number of rotatable bonds is 7. The summed E-state index contributed by atoms with van der Waals surface area (Å²) in [5.74, 6) is -1.79. The molecule has 0 aromatic heterocycles. The molecule has 0 spiro atoms. The van der Waals surface area contributed by atoms with E-state index in [-0.39, 0.29) is 12.5 Å². The second-order valence-electron chi connectivity index (χ2n) is 6.64. The highest BCUT2D eigenvalue weighted by atomic mass is 16.5. The Morgan fingerprint density at radius 1 is 1.20 bits per heavy atom. The molecule has 1 aliphatic rings. The monoisotopic (exact) mass is 341 g/mol. The Balaban J connectivity index is 1.71. The first-order valence-electron chi connectivity index (χ1n) is 8.58. The molecule has 0 bridgehead atoms. The van der Waals surface area contributed by atoms with Crippen LogP contribution >= 0.6 is 0 Å². The van der Waals surface area contributed by atoms with E-state index in [0.717, 1.165) is 22.8 Å². The molecule has 1 amide bonds. The Morgan fingerprint density at radius 2 is 1.92 bits per heavy atom. The van der Waals surface area contributed by atoms with Crippen molar-refractivity contribution in [1.82, 2.24) is 5.32 Å². The zero-order valence-corrected chi connectivity index (χ0v) is 14.3. The number of amides is 1. The quantitative estimate of drug-likeness (QED) is 0.812. The van der Waals surface area contributed by atoms with E-state index in [4.69, 9.17) is 4.74 Å². The van der Waals surface area contributed by atoms with Gasteiger partial charge in [0.25, 0.3) is 5.91 Å². The Labute approximate surface area is 147 Å². The summed E-state index contributed by atoms with van der Waals surface area (Å²) in [7, 11) is 1.53. The Hall–Kier alpha value is -2.40. The first-order chi connectivity index (χ1) is 12.1. The third-order valence-electron chi connectivity index (χ3n) is 5.17. The summed E-state index contributed by atoms with van der Waals surface area (Å²) < 4.78 is 5.34. The number of fused-ring (bicyclic) bond motifs is 1. The van der Waals surface area contributed by atoms with E-state index >= 15 is 0 Å². The number of hydrogen-bond acceptors (Lipinski definition) is 3. The van der Waals surface area contributed by atoms with E-state index in [0.29, 0.717) is 19.3 Å². The summed E-state index contributed by atoms with van der Waals surface area (Å²) in [5, 5.41) is 14.5. The fourth-order valence-electron chi connectivity index (χ4n) is 3.38. The summed E-state index contributed by atoms with van der Waals surface area (Å²) in [6.07, 6.45) is 2.71. The smallest absolute Gasteiger partial charge is 0.308 e. The standard InChI is InChI=1S/C20H23NO4/c1-25-20(10-5-11-20)19(24)21-13-16(18(22)23)12-15-8-4-7-14-6-2-3-9-17(14)15/h2-4,6-9,16H,5,10-13H2,1H3,(H,21,24)(H,22,23). The van der Waals surface area contributed by atoms with Crippen molar-refractivity contribution in [3.63, 3.8) is 0 Å². The molecule has 5 nitrogen and oxygen atoms in total. The van der Waals surface area contributed by atoms with Crippen molar-refractivity contribution in [2.75, 3.05) is 13.7 Å². The molecular weight excluding hydrogens is 318 g/mol. The average Bonchev–Trinajstić information content (AvgIpc) is 2.58. The summed E-state index contributed by atoms with van der Waals surface area (Å²) >= 11 is 0. The normalized spacial score (nSPS) is 16.8. The summed E-state index contributed by atoms with van der Waals surface area (Å²) in [6.45, 7) is 0.0997. The molecule has 0 radical (unpaired) electrons. The maximum Gasteiger partial charge on any atom is 0.308 e. The number of nitrogens with one attached hydrogen (secondary N) is 1. The minimum absolute atomic E-state index is 0.0997. The minimum Gasteiger partial charge on any atom is -0.481 e. The first kappa shape index (κ1) is 17.4. The van der Waals surface area contributed by atoms with Gasteiger partial charge in [-0.2, -0.15) is 0 Å². The highest BCUT2D eigenvalue weighted by Gasteiger charge is 2.44. The molecule has 25 heavy (non-hydrogen) atoms. The molecule has 2 aromatic carbocycles. The first-order valence-corrected chi connectivity index (χ1v) is 8.58. The van der Waals surface area contributed by atoms with Gasteiger partial charge in [0.15, 0.2) is 0 Å². The minimum atomic E-state index is -0.909. The molecular formula is C20H23NO4. The molecule has 0 heterocycles. The van der Waals surface area contributed by atoms with Gasteiger partial charge < -0.3 is 15.2 Å². The van der Waals surface area contributed by atoms with Gasteiger partial charge >= 0.3 is 5.97 Å². The van der Waals surface area contributed by atoms with Gasteiger partial charge in [-0.3, -0.25) is 9.59 Å². The van der Waals surface area contributed by atoms with Crippen LogP contribution in [0.5, 0.6) is 0 Å². The Morgan fingerprint density at radius 3 is 2.56 bits per heavy atom. The number of carbonyl (C=O) groups is 2. The molecule has 0 aliphatic heterocycles. The predicted octanol–water partition coefficient (Wildman–Crippen LogP) is 2.77. The molecule has 1 aliphatic carbocycles. The van der Waals surface area contributed by atoms with Gasteiger partial charge in [0.05, 0.1) is 5.92 Å². The molecule has 1 fully saturated rings. The van der Waals surface area contributed by atoms with Crippen LogP contribution in [-0.4, -0.2) is 36.2 Å². The van der Waals surface area contributed by atoms with E-state index in [2.05, 4.69) is 5.32 Å². The molecule has 1 unspecified atom stereocenters. The summed E-state index contributed by atoms with van der Waals surface area (Å²) in [5.41, 5.74) is 0.215. The molecule has 132 valence electrons. The van der Waals surface area contributed by atoms with Crippen molar-refractivity contribution in [3.05, 3.63) is 48.0 Å². The lowest BCUT2D eigenvalue weighted by Crippen LogP contribution is -2.54. The van der Waals surface area contributed by atoms with Crippen LogP contribution in [0.1, 0.15) is 24.8 Å². The number of methoxy groups -OCH3 is 1. The Kier molecular flexibility index (Phi) is 5.04. The molecule has 3 rings (SSSR count). The van der Waals surface area contributed by atoms with E-state index in [1.807, 2.05) is 42.5 Å².